The molecule has 8 heteroatoms. The van der Waals surface area contributed by atoms with Crippen molar-refractivity contribution in [3.63, 3.8) is 0 Å². The van der Waals surface area contributed by atoms with E-state index in [1.165, 1.54) is 25.3 Å². The predicted molar refractivity (Wildman–Crippen MR) is 104 cm³/mol. The second-order valence-electron chi connectivity index (χ2n) is 6.73. The van der Waals surface area contributed by atoms with Gasteiger partial charge in [0.2, 0.25) is 0 Å². The van der Waals surface area contributed by atoms with Crippen molar-refractivity contribution >= 4 is 33.4 Å². The van der Waals surface area contributed by atoms with Crippen molar-refractivity contribution in [1.82, 2.24) is 15.2 Å². The number of pyridine rings is 1. The SMILES string of the molecule is Fc1cc(Br)cnc1N1CCN(c2ccc(N3CCCCC3)nn2)CC1. The van der Waals surface area contributed by atoms with Crippen molar-refractivity contribution in [2.45, 2.75) is 19.3 Å². The minimum absolute atomic E-state index is 0.293. The van der Waals surface area contributed by atoms with Crippen LogP contribution in [-0.4, -0.2) is 54.4 Å². The van der Waals surface area contributed by atoms with Crippen LogP contribution in [0.4, 0.5) is 21.8 Å². The van der Waals surface area contributed by atoms with Crippen molar-refractivity contribution in [2.75, 3.05) is 54.0 Å². The van der Waals surface area contributed by atoms with Gasteiger partial charge in [0.05, 0.1) is 0 Å². The van der Waals surface area contributed by atoms with E-state index < -0.39 is 0 Å². The molecular formula is C18H22BrFN6. The van der Waals surface area contributed by atoms with E-state index in [2.05, 4.69) is 47.0 Å². The molecule has 2 aliphatic heterocycles. The Bertz CT molecular complexity index is 742. The molecule has 2 aromatic rings. The molecule has 2 aromatic heterocycles. The Morgan fingerprint density at radius 2 is 1.38 bits per heavy atom. The summed E-state index contributed by atoms with van der Waals surface area (Å²) in [6.07, 6.45) is 5.40. The van der Waals surface area contributed by atoms with Crippen LogP contribution in [0.15, 0.2) is 28.9 Å². The lowest BCUT2D eigenvalue weighted by molar-refractivity contribution is 0.569. The standard InChI is InChI=1S/C18H22BrFN6/c19-14-12-15(20)18(21-13-14)26-10-8-25(9-11-26)17-5-4-16(22-23-17)24-6-2-1-3-7-24/h4-5,12-13H,1-3,6-11H2. The fourth-order valence-electron chi connectivity index (χ4n) is 3.57. The second-order valence-corrected chi connectivity index (χ2v) is 7.65. The molecule has 138 valence electrons. The maximum Gasteiger partial charge on any atom is 0.166 e. The van der Waals surface area contributed by atoms with Crippen LogP contribution in [0.3, 0.4) is 0 Å². The predicted octanol–water partition coefficient (Wildman–Crippen LogP) is 3.09. The van der Waals surface area contributed by atoms with Crippen molar-refractivity contribution in [2.24, 2.45) is 0 Å². The molecule has 0 spiro atoms. The highest BCUT2D eigenvalue weighted by atomic mass is 79.9. The topological polar surface area (TPSA) is 48.4 Å². The molecule has 2 aliphatic rings. The summed E-state index contributed by atoms with van der Waals surface area (Å²) in [7, 11) is 0. The Labute approximate surface area is 161 Å². The summed E-state index contributed by atoms with van der Waals surface area (Å²) in [5.41, 5.74) is 0. The number of halogens is 2. The lowest BCUT2D eigenvalue weighted by Crippen LogP contribution is -2.47. The van der Waals surface area contributed by atoms with Gasteiger partial charge >= 0.3 is 0 Å². The van der Waals surface area contributed by atoms with Crippen LogP contribution in [-0.2, 0) is 0 Å². The van der Waals surface area contributed by atoms with E-state index in [9.17, 15) is 4.39 Å². The van der Waals surface area contributed by atoms with Gasteiger partial charge in [-0.05, 0) is 53.4 Å². The molecule has 0 amide bonds. The van der Waals surface area contributed by atoms with Gasteiger partial charge in [-0.1, -0.05) is 0 Å². The number of piperidine rings is 1. The van der Waals surface area contributed by atoms with E-state index in [1.807, 2.05) is 11.0 Å². The monoisotopic (exact) mass is 420 g/mol. The third-order valence-electron chi connectivity index (χ3n) is 5.01. The number of hydrogen-bond donors (Lipinski definition) is 0. The quantitative estimate of drug-likeness (QED) is 0.760. The van der Waals surface area contributed by atoms with Gasteiger partial charge in [-0.3, -0.25) is 0 Å². The first-order chi connectivity index (χ1) is 12.7. The fraction of sp³-hybridized carbons (Fsp3) is 0.500. The first kappa shape index (κ1) is 17.5. The van der Waals surface area contributed by atoms with Crippen LogP contribution in [0.2, 0.25) is 0 Å². The van der Waals surface area contributed by atoms with E-state index in [0.29, 0.717) is 23.4 Å². The number of rotatable bonds is 3. The maximum atomic E-state index is 14.1. The molecule has 6 nitrogen and oxygen atoms in total. The van der Waals surface area contributed by atoms with Gasteiger partial charge < -0.3 is 14.7 Å². The Morgan fingerprint density at radius 3 is 1.96 bits per heavy atom. The minimum Gasteiger partial charge on any atom is -0.355 e. The average molecular weight is 421 g/mol. The minimum atomic E-state index is -0.293. The number of piperazine rings is 1. The van der Waals surface area contributed by atoms with Gasteiger partial charge in [0.1, 0.15) is 0 Å². The number of aromatic nitrogens is 3. The molecule has 26 heavy (non-hydrogen) atoms. The fourth-order valence-corrected chi connectivity index (χ4v) is 3.87. The number of nitrogens with zero attached hydrogens (tertiary/aromatic N) is 6. The molecule has 0 aliphatic carbocycles. The van der Waals surface area contributed by atoms with Gasteiger partial charge in [-0.2, -0.15) is 0 Å². The molecule has 0 bridgehead atoms. The molecular weight excluding hydrogens is 399 g/mol. The summed E-state index contributed by atoms with van der Waals surface area (Å²) in [6.45, 7) is 5.10. The molecule has 0 N–H and O–H groups in total. The first-order valence-electron chi connectivity index (χ1n) is 9.10. The van der Waals surface area contributed by atoms with Gasteiger partial charge in [0, 0.05) is 49.9 Å². The summed E-state index contributed by atoms with van der Waals surface area (Å²) in [6, 6.07) is 5.57. The van der Waals surface area contributed by atoms with E-state index in [4.69, 9.17) is 0 Å². The first-order valence-corrected chi connectivity index (χ1v) is 9.89. The van der Waals surface area contributed by atoms with Crippen LogP contribution in [0.1, 0.15) is 19.3 Å². The van der Waals surface area contributed by atoms with Crippen molar-refractivity contribution in [3.05, 3.63) is 34.7 Å². The van der Waals surface area contributed by atoms with Crippen LogP contribution in [0.5, 0.6) is 0 Å². The zero-order valence-electron chi connectivity index (χ0n) is 14.6. The Hall–Kier alpha value is -1.96. The molecule has 2 saturated heterocycles. The zero-order valence-corrected chi connectivity index (χ0v) is 16.2. The summed E-state index contributed by atoms with van der Waals surface area (Å²) in [4.78, 5) is 10.7. The molecule has 0 saturated carbocycles. The van der Waals surface area contributed by atoms with Gasteiger partial charge in [0.15, 0.2) is 23.3 Å². The molecule has 0 atom stereocenters. The van der Waals surface area contributed by atoms with E-state index in [1.54, 1.807) is 6.20 Å². The number of anilines is 3. The molecule has 2 fully saturated rings. The Kier molecular flexibility index (Phi) is 5.19. The van der Waals surface area contributed by atoms with E-state index in [-0.39, 0.29) is 5.82 Å². The van der Waals surface area contributed by atoms with Crippen molar-refractivity contribution < 1.29 is 4.39 Å². The zero-order chi connectivity index (χ0) is 17.9. The Morgan fingerprint density at radius 1 is 0.808 bits per heavy atom. The van der Waals surface area contributed by atoms with Crippen LogP contribution in [0, 0.1) is 5.82 Å². The number of hydrogen-bond acceptors (Lipinski definition) is 6. The molecule has 4 rings (SSSR count). The average Bonchev–Trinajstić information content (AvgIpc) is 2.69. The van der Waals surface area contributed by atoms with Crippen molar-refractivity contribution in [3.8, 4) is 0 Å². The third kappa shape index (κ3) is 3.75. The highest BCUT2D eigenvalue weighted by molar-refractivity contribution is 9.10. The van der Waals surface area contributed by atoms with Crippen LogP contribution >= 0.6 is 15.9 Å². The highest BCUT2D eigenvalue weighted by Gasteiger charge is 2.22. The largest absolute Gasteiger partial charge is 0.355 e. The molecule has 0 aromatic carbocycles. The van der Waals surface area contributed by atoms with Gasteiger partial charge in [-0.15, -0.1) is 10.2 Å². The lowest BCUT2D eigenvalue weighted by atomic mass is 10.1. The third-order valence-corrected chi connectivity index (χ3v) is 5.44. The summed E-state index contributed by atoms with van der Waals surface area (Å²) >= 11 is 3.25. The lowest BCUT2D eigenvalue weighted by Gasteiger charge is -2.36. The summed E-state index contributed by atoms with van der Waals surface area (Å²) in [5.74, 6) is 1.97. The van der Waals surface area contributed by atoms with Crippen LogP contribution < -0.4 is 14.7 Å². The maximum absolute atomic E-state index is 14.1. The van der Waals surface area contributed by atoms with Crippen molar-refractivity contribution in [1.29, 1.82) is 0 Å². The smallest absolute Gasteiger partial charge is 0.166 e. The molecule has 4 heterocycles. The Balaban J connectivity index is 1.38. The molecule has 0 radical (unpaired) electrons. The summed E-state index contributed by atoms with van der Waals surface area (Å²) in [5, 5.41) is 8.85. The molecule has 0 unspecified atom stereocenters. The van der Waals surface area contributed by atoms with Gasteiger partial charge in [-0.25, -0.2) is 9.37 Å². The highest BCUT2D eigenvalue weighted by Crippen LogP contribution is 2.23. The summed E-state index contributed by atoms with van der Waals surface area (Å²) < 4.78 is 14.8. The normalized spacial score (nSPS) is 18.3. The second kappa shape index (κ2) is 7.73. The van der Waals surface area contributed by atoms with Crippen LogP contribution in [0.25, 0.3) is 0 Å². The van der Waals surface area contributed by atoms with E-state index >= 15 is 0 Å². The van der Waals surface area contributed by atoms with E-state index in [0.717, 1.165) is 37.8 Å². The van der Waals surface area contributed by atoms with Gasteiger partial charge in [0.25, 0.3) is 0 Å².